The summed E-state index contributed by atoms with van der Waals surface area (Å²) in [6, 6.07) is 1.69. The van der Waals surface area contributed by atoms with Gasteiger partial charge in [0.05, 0.1) is 18.8 Å². The predicted octanol–water partition coefficient (Wildman–Crippen LogP) is 1.05. The van der Waals surface area contributed by atoms with Crippen molar-refractivity contribution in [3.05, 3.63) is 37.0 Å². The second-order valence-corrected chi connectivity index (χ2v) is 2.02. The number of hydrogen-bond acceptors (Lipinski definition) is 4. The quantitative estimate of drug-likeness (QED) is 0.325. The summed E-state index contributed by atoms with van der Waals surface area (Å²) in [6.45, 7) is 6.39. The smallest absolute Gasteiger partial charge is 0.337 e. The zero-order valence-electron chi connectivity index (χ0n) is 8.27. The van der Waals surface area contributed by atoms with Crippen LogP contribution >= 0.6 is 0 Å². The number of methoxy groups -OCH3 is 1. The first kappa shape index (κ1) is 15.1. The van der Waals surface area contributed by atoms with Crippen LogP contribution in [-0.4, -0.2) is 24.2 Å². The molecule has 0 aromatic rings. The minimum Gasteiger partial charge on any atom is -0.478 e. The molecule has 0 fully saturated rings. The minimum atomic E-state index is -1.13. The van der Waals surface area contributed by atoms with Crippen molar-refractivity contribution >= 4 is 11.9 Å². The van der Waals surface area contributed by atoms with Gasteiger partial charge in [0.15, 0.2) is 0 Å². The molecule has 0 aliphatic heterocycles. The zero-order valence-corrected chi connectivity index (χ0v) is 8.27. The van der Waals surface area contributed by atoms with E-state index in [9.17, 15) is 9.59 Å². The van der Waals surface area contributed by atoms with E-state index in [1.54, 1.807) is 6.07 Å². The van der Waals surface area contributed by atoms with Crippen LogP contribution in [0.5, 0.6) is 0 Å². The molecule has 5 nitrogen and oxygen atoms in total. The third-order valence-corrected chi connectivity index (χ3v) is 0.966. The highest BCUT2D eigenvalue weighted by Gasteiger charge is 2.01. The molecule has 0 aliphatic rings. The van der Waals surface area contributed by atoms with E-state index in [1.807, 2.05) is 0 Å². The van der Waals surface area contributed by atoms with Crippen LogP contribution in [0.3, 0.4) is 0 Å². The molecule has 0 amide bonds. The molecule has 15 heavy (non-hydrogen) atoms. The molecule has 0 radical (unpaired) electrons. The van der Waals surface area contributed by atoms with Crippen LogP contribution < -0.4 is 0 Å². The van der Waals surface area contributed by atoms with Gasteiger partial charge >= 0.3 is 11.9 Å². The Morgan fingerprint density at radius 3 is 2.20 bits per heavy atom. The lowest BCUT2D eigenvalue weighted by Gasteiger charge is -1.94. The molecule has 5 heteroatoms. The Morgan fingerprint density at radius 2 is 1.93 bits per heavy atom. The molecule has 0 saturated carbocycles. The Labute approximate surface area is 87.6 Å². The fraction of sp³-hybridized carbons (Fsp3) is 0.100. The van der Waals surface area contributed by atoms with Gasteiger partial charge < -0.3 is 9.84 Å². The molecule has 0 aromatic heterocycles. The van der Waals surface area contributed by atoms with Gasteiger partial charge in [0.1, 0.15) is 0 Å². The van der Waals surface area contributed by atoms with E-state index in [-0.39, 0.29) is 5.57 Å². The van der Waals surface area contributed by atoms with Crippen molar-refractivity contribution in [2.75, 3.05) is 7.11 Å². The highest BCUT2D eigenvalue weighted by atomic mass is 16.5. The molecule has 0 unspecified atom stereocenters. The van der Waals surface area contributed by atoms with Crippen molar-refractivity contribution in [3.63, 3.8) is 0 Å². The van der Waals surface area contributed by atoms with Crippen molar-refractivity contribution in [3.8, 4) is 6.07 Å². The normalized spacial score (nSPS) is 8.00. The van der Waals surface area contributed by atoms with Gasteiger partial charge in [-0.05, 0) is 6.08 Å². The van der Waals surface area contributed by atoms with Gasteiger partial charge in [-0.3, -0.25) is 0 Å². The molecule has 0 aromatic carbocycles. The van der Waals surface area contributed by atoms with Gasteiger partial charge in [0, 0.05) is 12.2 Å². The number of carboxylic acids is 1. The molecule has 80 valence electrons. The van der Waals surface area contributed by atoms with Crippen molar-refractivity contribution < 1.29 is 19.4 Å². The van der Waals surface area contributed by atoms with E-state index in [0.29, 0.717) is 0 Å². The second-order valence-electron chi connectivity index (χ2n) is 2.02. The van der Waals surface area contributed by atoms with Gasteiger partial charge in [0.25, 0.3) is 0 Å². The second kappa shape index (κ2) is 9.74. The molecule has 0 atom stereocenters. The number of rotatable bonds is 3. The summed E-state index contributed by atoms with van der Waals surface area (Å²) in [4.78, 5) is 20.5. The van der Waals surface area contributed by atoms with E-state index >= 15 is 0 Å². The summed E-state index contributed by atoms with van der Waals surface area (Å²) >= 11 is 0. The SMILES string of the molecule is C=C(C=CC(=O)O)C(=O)OC.C=CC#N. The Kier molecular flexibility index (Phi) is 9.82. The van der Waals surface area contributed by atoms with Crippen molar-refractivity contribution in [2.24, 2.45) is 0 Å². The standard InChI is InChI=1S/C7H8O4.C3H3N/c1-5(7(10)11-2)3-4-6(8)9;1-2-3-4/h3-4H,1H2,2H3,(H,8,9);2H,1H2. The first-order chi connectivity index (χ1) is 6.99. The van der Waals surface area contributed by atoms with E-state index < -0.39 is 11.9 Å². The first-order valence-corrected chi connectivity index (χ1v) is 3.68. The monoisotopic (exact) mass is 209 g/mol. The third kappa shape index (κ3) is 11.7. The number of carbonyl (C=O) groups excluding carboxylic acids is 1. The zero-order chi connectivity index (χ0) is 12.3. The Balaban J connectivity index is 0. The maximum atomic E-state index is 10.6. The number of nitrogens with zero attached hydrogens (tertiary/aromatic N) is 1. The molecule has 0 rings (SSSR count). The van der Waals surface area contributed by atoms with E-state index in [2.05, 4.69) is 17.9 Å². The summed E-state index contributed by atoms with van der Waals surface area (Å²) in [7, 11) is 1.20. The molecule has 0 heterocycles. The van der Waals surface area contributed by atoms with Gasteiger partial charge in [-0.25, -0.2) is 9.59 Å². The van der Waals surface area contributed by atoms with Gasteiger partial charge in [-0.15, -0.1) is 0 Å². The molecule has 0 bridgehead atoms. The maximum Gasteiger partial charge on any atom is 0.337 e. The van der Waals surface area contributed by atoms with Crippen LogP contribution in [0.15, 0.2) is 37.0 Å². The summed E-state index contributed by atoms with van der Waals surface area (Å²) < 4.78 is 4.26. The lowest BCUT2D eigenvalue weighted by molar-refractivity contribution is -0.135. The number of carboxylic acid groups (broad SMARTS) is 1. The highest BCUT2D eigenvalue weighted by molar-refractivity contribution is 5.92. The topological polar surface area (TPSA) is 87.4 Å². The third-order valence-electron chi connectivity index (χ3n) is 0.966. The van der Waals surface area contributed by atoms with Crippen molar-refractivity contribution in [2.45, 2.75) is 0 Å². The lowest BCUT2D eigenvalue weighted by Crippen LogP contribution is -2.01. The Hall–Kier alpha value is -2.35. The Morgan fingerprint density at radius 1 is 1.47 bits per heavy atom. The van der Waals surface area contributed by atoms with Crippen LogP contribution in [0.4, 0.5) is 0 Å². The molecular formula is C10H11NO4. The van der Waals surface area contributed by atoms with E-state index in [4.69, 9.17) is 10.4 Å². The maximum absolute atomic E-state index is 10.6. The van der Waals surface area contributed by atoms with Crippen molar-refractivity contribution in [1.29, 1.82) is 5.26 Å². The van der Waals surface area contributed by atoms with Gasteiger partial charge in [-0.1, -0.05) is 13.2 Å². The molecule has 0 aliphatic carbocycles. The summed E-state index contributed by atoms with van der Waals surface area (Å²) in [5, 5.41) is 15.6. The average molecular weight is 209 g/mol. The number of carbonyl (C=O) groups is 2. The van der Waals surface area contributed by atoms with Gasteiger partial charge in [0.2, 0.25) is 0 Å². The van der Waals surface area contributed by atoms with Crippen molar-refractivity contribution in [1.82, 2.24) is 0 Å². The van der Waals surface area contributed by atoms with E-state index in [0.717, 1.165) is 12.2 Å². The fourth-order valence-corrected chi connectivity index (χ4v) is 0.371. The number of allylic oxidation sites excluding steroid dienone is 1. The lowest BCUT2D eigenvalue weighted by atomic mass is 10.3. The van der Waals surface area contributed by atoms with Crippen LogP contribution in [0.2, 0.25) is 0 Å². The predicted molar refractivity (Wildman–Crippen MR) is 53.7 cm³/mol. The highest BCUT2D eigenvalue weighted by Crippen LogP contribution is 1.94. The Bertz CT molecular complexity index is 323. The number of ether oxygens (including phenoxy) is 1. The van der Waals surface area contributed by atoms with Crippen LogP contribution in [-0.2, 0) is 14.3 Å². The molecule has 1 N–H and O–H groups in total. The fourth-order valence-electron chi connectivity index (χ4n) is 0.371. The summed E-state index contributed by atoms with van der Waals surface area (Å²) in [5.74, 6) is -1.77. The molecule has 0 saturated heterocycles. The summed E-state index contributed by atoms with van der Waals surface area (Å²) in [5.41, 5.74) is 0.00917. The number of aliphatic carboxylic acids is 1. The average Bonchev–Trinajstić information content (AvgIpc) is 2.24. The van der Waals surface area contributed by atoms with Crippen LogP contribution in [0.1, 0.15) is 0 Å². The number of esters is 1. The minimum absolute atomic E-state index is 0.00917. The van der Waals surface area contributed by atoms with E-state index in [1.165, 1.54) is 13.2 Å². The number of nitriles is 1. The molecule has 0 spiro atoms. The van der Waals surface area contributed by atoms with Crippen LogP contribution in [0, 0.1) is 11.3 Å². The van der Waals surface area contributed by atoms with Gasteiger partial charge in [-0.2, -0.15) is 5.26 Å². The van der Waals surface area contributed by atoms with Crippen LogP contribution in [0.25, 0.3) is 0 Å². The number of hydrogen-bond donors (Lipinski definition) is 1. The largest absolute Gasteiger partial charge is 0.478 e. The first-order valence-electron chi connectivity index (χ1n) is 3.68. The molecular weight excluding hydrogens is 198 g/mol. The summed E-state index contributed by atoms with van der Waals surface area (Å²) in [6.07, 6.45) is 3.08.